The molecule has 0 aliphatic carbocycles. The molecule has 0 radical (unpaired) electrons. The third-order valence-electron chi connectivity index (χ3n) is 7.43. The smallest absolute Gasteiger partial charge is 0.258 e. The molecule has 0 amide bonds. The zero-order valence-electron chi connectivity index (χ0n) is 20.9. The van der Waals surface area contributed by atoms with Crippen LogP contribution in [0.5, 0.6) is 0 Å². The molecule has 0 saturated carbocycles. The highest BCUT2D eigenvalue weighted by atomic mass is 127. The average Bonchev–Trinajstić information content (AvgIpc) is 3.17. The van der Waals surface area contributed by atoms with E-state index >= 15 is 0 Å². The fraction of sp³-hybridized carbons (Fsp3) is 0.300. The van der Waals surface area contributed by atoms with Gasteiger partial charge >= 0.3 is 0 Å². The number of fused-ring (bicyclic) bond motifs is 1. The Kier molecular flexibility index (Phi) is 7.28. The summed E-state index contributed by atoms with van der Waals surface area (Å²) in [7, 11) is -3.02. The second-order valence-corrected chi connectivity index (χ2v) is 16.0. The maximum Gasteiger partial charge on any atom is 0.258 e. The minimum absolute atomic E-state index is 0.0254. The van der Waals surface area contributed by atoms with E-state index in [1.54, 1.807) is 0 Å². The molecule has 4 aromatic rings. The van der Waals surface area contributed by atoms with Crippen LogP contribution >= 0.6 is 22.6 Å². The van der Waals surface area contributed by atoms with Crippen molar-refractivity contribution < 1.29 is 4.80 Å². The van der Waals surface area contributed by atoms with Crippen molar-refractivity contribution in [2.24, 2.45) is 5.41 Å². The summed E-state index contributed by atoms with van der Waals surface area (Å²) >= 11 is 2.38. The van der Waals surface area contributed by atoms with Gasteiger partial charge in [0.25, 0.3) is 8.32 Å². The van der Waals surface area contributed by atoms with Crippen LogP contribution in [0.15, 0.2) is 78.9 Å². The summed E-state index contributed by atoms with van der Waals surface area (Å²) in [6.45, 7) is 9.11. The minimum Gasteiger partial charge on any atom is -0.424 e. The summed E-state index contributed by atoms with van der Waals surface area (Å²) in [5.74, 6) is 0. The van der Waals surface area contributed by atoms with Gasteiger partial charge in [-0.1, -0.05) is 88.4 Å². The molecule has 3 nitrogen and oxygen atoms in total. The fourth-order valence-corrected chi connectivity index (χ4v) is 9.67. The molecule has 0 fully saturated rings. The number of aromatic amines is 1. The first-order chi connectivity index (χ1) is 16.6. The number of benzene rings is 3. The molecule has 0 atom stereocenters. The number of aromatic nitrogens is 1. The topological polar surface area (TPSA) is 59.8 Å². The molecule has 35 heavy (non-hydrogen) atoms. The lowest BCUT2D eigenvalue weighted by molar-refractivity contribution is 0.297. The summed E-state index contributed by atoms with van der Waals surface area (Å²) in [4.78, 5) is 16.0. The molecular formula is C30H33IN2OSi. The highest BCUT2D eigenvalue weighted by molar-refractivity contribution is 14.1. The standard InChI is InChI=1S/C30H33IN2OSi/c1-29(2,20-26-25-19-22(21-32)15-16-27(25)33-28(26)31)17-18-30(3,4)35(34,23-11-7-5-8-12-23)24-13-9-6-10-14-24/h5-16,19,33-34H,17-18,20H2,1-4H3. The molecular weight excluding hydrogens is 559 g/mol. The predicted molar refractivity (Wildman–Crippen MR) is 157 cm³/mol. The number of nitriles is 1. The monoisotopic (exact) mass is 592 g/mol. The molecule has 180 valence electrons. The third-order valence-corrected chi connectivity index (χ3v) is 12.9. The van der Waals surface area contributed by atoms with E-state index in [1.807, 2.05) is 54.6 Å². The average molecular weight is 593 g/mol. The van der Waals surface area contributed by atoms with Crippen molar-refractivity contribution in [1.82, 2.24) is 4.98 Å². The van der Waals surface area contributed by atoms with Gasteiger partial charge < -0.3 is 9.78 Å². The van der Waals surface area contributed by atoms with E-state index < -0.39 is 8.32 Å². The molecule has 1 heterocycles. The van der Waals surface area contributed by atoms with Gasteiger partial charge in [0.05, 0.1) is 15.3 Å². The second kappa shape index (κ2) is 9.92. The van der Waals surface area contributed by atoms with Gasteiger partial charge in [-0.05, 0) is 86.4 Å². The molecule has 0 saturated heterocycles. The van der Waals surface area contributed by atoms with Crippen LogP contribution in [0.25, 0.3) is 10.9 Å². The first-order valence-corrected chi connectivity index (χ1v) is 15.1. The van der Waals surface area contributed by atoms with E-state index in [4.69, 9.17) is 0 Å². The van der Waals surface area contributed by atoms with Crippen molar-refractivity contribution in [1.29, 1.82) is 5.26 Å². The maximum absolute atomic E-state index is 12.5. The molecule has 0 aliphatic rings. The molecule has 0 unspecified atom stereocenters. The third kappa shape index (κ3) is 5.11. The number of rotatable bonds is 8. The van der Waals surface area contributed by atoms with Gasteiger partial charge in [-0.3, -0.25) is 0 Å². The normalized spacial score (nSPS) is 12.6. The van der Waals surface area contributed by atoms with Gasteiger partial charge in [-0.15, -0.1) is 0 Å². The molecule has 0 bridgehead atoms. The molecule has 4 rings (SSSR count). The Morgan fingerprint density at radius 2 is 1.46 bits per heavy atom. The van der Waals surface area contributed by atoms with E-state index in [-0.39, 0.29) is 10.5 Å². The molecule has 5 heteroatoms. The first-order valence-electron chi connectivity index (χ1n) is 12.1. The minimum atomic E-state index is -3.02. The lowest BCUT2D eigenvalue weighted by atomic mass is 9.80. The van der Waals surface area contributed by atoms with Crippen LogP contribution in [0.3, 0.4) is 0 Å². The van der Waals surface area contributed by atoms with Crippen molar-refractivity contribution in [3.8, 4) is 6.07 Å². The zero-order chi connectivity index (χ0) is 25.3. The van der Waals surface area contributed by atoms with Crippen molar-refractivity contribution >= 4 is 52.2 Å². The molecule has 2 N–H and O–H groups in total. The van der Waals surface area contributed by atoms with Gasteiger partial charge in [-0.2, -0.15) is 5.26 Å². The lowest BCUT2D eigenvalue weighted by Gasteiger charge is -2.43. The Morgan fingerprint density at radius 3 is 2.00 bits per heavy atom. The number of halogens is 1. The maximum atomic E-state index is 12.5. The second-order valence-electron chi connectivity index (χ2n) is 11.0. The number of nitrogens with zero attached hydrogens (tertiary/aromatic N) is 1. The van der Waals surface area contributed by atoms with E-state index in [2.05, 4.69) is 85.6 Å². The van der Waals surface area contributed by atoms with Gasteiger partial charge in [-0.25, -0.2) is 0 Å². The largest absolute Gasteiger partial charge is 0.424 e. The Balaban J connectivity index is 1.63. The van der Waals surface area contributed by atoms with Crippen molar-refractivity contribution in [3.05, 3.63) is 93.7 Å². The highest BCUT2D eigenvalue weighted by Crippen LogP contribution is 2.44. The van der Waals surface area contributed by atoms with Crippen LogP contribution in [0.1, 0.15) is 51.7 Å². The molecule has 0 spiro atoms. The predicted octanol–water partition coefficient (Wildman–Crippen LogP) is 6.53. The van der Waals surface area contributed by atoms with Crippen LogP contribution in [-0.4, -0.2) is 18.1 Å². The van der Waals surface area contributed by atoms with Crippen LogP contribution in [0, 0.1) is 20.4 Å². The highest BCUT2D eigenvalue weighted by Gasteiger charge is 2.50. The van der Waals surface area contributed by atoms with Crippen molar-refractivity contribution in [3.63, 3.8) is 0 Å². The summed E-state index contributed by atoms with van der Waals surface area (Å²) in [6.07, 6.45) is 2.80. The van der Waals surface area contributed by atoms with Gasteiger partial charge in [0.2, 0.25) is 0 Å². The first kappa shape index (κ1) is 25.7. The summed E-state index contributed by atoms with van der Waals surface area (Å²) in [6, 6.07) is 28.7. The number of H-pyrrole nitrogens is 1. The Labute approximate surface area is 223 Å². The zero-order valence-corrected chi connectivity index (χ0v) is 24.1. The Bertz CT molecular complexity index is 1310. The number of hydrogen-bond donors (Lipinski definition) is 2. The molecule has 0 aliphatic heterocycles. The van der Waals surface area contributed by atoms with Crippen LogP contribution in [0.2, 0.25) is 5.04 Å². The summed E-state index contributed by atoms with van der Waals surface area (Å²) in [5, 5.41) is 12.4. The van der Waals surface area contributed by atoms with Crippen LogP contribution in [0.4, 0.5) is 0 Å². The van der Waals surface area contributed by atoms with Crippen molar-refractivity contribution in [2.45, 2.75) is 52.0 Å². The SMILES string of the molecule is CC(C)(CCC(C)(C)[Si](O)(c1ccccc1)c1ccccc1)Cc1c(I)[nH]c2ccc(C#N)cc12. The Morgan fingerprint density at radius 1 is 0.886 bits per heavy atom. The van der Waals surface area contributed by atoms with E-state index in [1.165, 1.54) is 5.56 Å². The molecule has 3 aromatic carbocycles. The van der Waals surface area contributed by atoms with Crippen molar-refractivity contribution in [2.75, 3.05) is 0 Å². The van der Waals surface area contributed by atoms with Crippen LogP contribution in [-0.2, 0) is 6.42 Å². The summed E-state index contributed by atoms with van der Waals surface area (Å²) in [5.41, 5.74) is 3.07. The van der Waals surface area contributed by atoms with E-state index in [0.29, 0.717) is 5.56 Å². The fourth-order valence-electron chi connectivity index (χ4n) is 5.16. The molecule has 1 aromatic heterocycles. The van der Waals surface area contributed by atoms with Gasteiger partial charge in [0.1, 0.15) is 0 Å². The number of nitrogens with one attached hydrogen (secondary N) is 1. The summed E-state index contributed by atoms with van der Waals surface area (Å²) < 4.78 is 1.14. The van der Waals surface area contributed by atoms with Gasteiger partial charge in [0.15, 0.2) is 0 Å². The number of hydrogen-bond acceptors (Lipinski definition) is 2. The lowest BCUT2D eigenvalue weighted by Crippen LogP contribution is -2.65. The Hall–Kier alpha value is -2.40. The quantitative estimate of drug-likeness (QED) is 0.181. The van der Waals surface area contributed by atoms with E-state index in [0.717, 1.165) is 44.2 Å². The van der Waals surface area contributed by atoms with E-state index in [9.17, 15) is 10.1 Å². The van der Waals surface area contributed by atoms with Crippen LogP contribution < -0.4 is 10.4 Å². The van der Waals surface area contributed by atoms with Gasteiger partial charge in [0, 0.05) is 10.9 Å².